The van der Waals surface area contributed by atoms with E-state index >= 15 is 0 Å². The molecule has 0 spiro atoms. The Morgan fingerprint density at radius 2 is 0.979 bits per heavy atom. The van der Waals surface area contributed by atoms with Crippen LogP contribution in [0, 0.1) is 23.7 Å². The molecule has 0 radical (unpaired) electrons. The van der Waals surface area contributed by atoms with Crippen LogP contribution in [0.2, 0.25) is 0 Å². The van der Waals surface area contributed by atoms with Gasteiger partial charge in [0.1, 0.15) is 0 Å². The minimum absolute atomic E-state index is 0.00703. The Balaban J connectivity index is 0.983. The number of hydrogen-bond donors (Lipinski definition) is 0. The number of rotatable bonds is 6. The maximum Gasteiger partial charge on any atom is 0.0462 e. The third kappa shape index (κ3) is 4.57. The maximum absolute atomic E-state index is 2.47. The molecule has 0 saturated heterocycles. The minimum atomic E-state index is 0.00703. The van der Waals surface area contributed by atoms with Crippen molar-refractivity contribution in [2.75, 3.05) is 4.90 Å². The molecule has 6 atom stereocenters. The van der Waals surface area contributed by atoms with Crippen LogP contribution in [0.1, 0.15) is 99.3 Å². The second-order valence-corrected chi connectivity index (χ2v) is 16.6. The smallest absolute Gasteiger partial charge is 0.0462 e. The minimum Gasteiger partial charge on any atom is -0.311 e. The van der Waals surface area contributed by atoms with Gasteiger partial charge < -0.3 is 4.90 Å². The Labute approximate surface area is 287 Å². The van der Waals surface area contributed by atoms with E-state index in [-0.39, 0.29) is 5.41 Å². The van der Waals surface area contributed by atoms with E-state index in [1.54, 1.807) is 11.1 Å². The van der Waals surface area contributed by atoms with E-state index in [4.69, 9.17) is 0 Å². The molecule has 4 fully saturated rings. The van der Waals surface area contributed by atoms with Crippen LogP contribution in [0.15, 0.2) is 115 Å². The highest BCUT2D eigenvalue weighted by atomic mass is 15.1. The molecule has 0 amide bonds. The lowest BCUT2D eigenvalue weighted by atomic mass is 9.81. The topological polar surface area (TPSA) is 3.24 Å². The summed E-state index contributed by atoms with van der Waals surface area (Å²) in [5.41, 5.74) is 15.0. The zero-order valence-electron chi connectivity index (χ0n) is 28.5. The monoisotopic (exact) mass is 625 g/mol. The molecule has 0 N–H and O–H groups in total. The number of benzene rings is 5. The zero-order valence-corrected chi connectivity index (χ0v) is 28.5. The molecule has 6 unspecified atom stereocenters. The third-order valence-corrected chi connectivity index (χ3v) is 13.7. The molecule has 5 aromatic rings. The fraction of sp³-hybridized carbons (Fsp3) is 0.362. The molecule has 4 bridgehead atoms. The molecule has 5 aromatic carbocycles. The SMILES string of the molecule is CC1(C)c2ccccc2-c2ccc(-c3ccc(N(c4ccc(C5CC6CCC5C6)cc4)c4ccc(C5CC6CCC5C6)cc4)cc3)cc21. The fourth-order valence-electron chi connectivity index (χ4n) is 11.2. The second-order valence-electron chi connectivity index (χ2n) is 16.6. The average Bonchev–Trinajstić information content (AvgIpc) is 3.98. The van der Waals surface area contributed by atoms with Gasteiger partial charge in [-0.25, -0.2) is 0 Å². The van der Waals surface area contributed by atoms with Gasteiger partial charge in [-0.2, -0.15) is 0 Å². The number of hydrogen-bond acceptors (Lipinski definition) is 1. The van der Waals surface area contributed by atoms with Gasteiger partial charge in [-0.3, -0.25) is 0 Å². The molecule has 0 aliphatic heterocycles. The predicted molar refractivity (Wildman–Crippen MR) is 201 cm³/mol. The summed E-state index contributed by atoms with van der Waals surface area (Å²) in [7, 11) is 0. The molecule has 10 rings (SSSR count). The van der Waals surface area contributed by atoms with Crippen molar-refractivity contribution in [2.24, 2.45) is 23.7 Å². The van der Waals surface area contributed by atoms with Gasteiger partial charge in [0.05, 0.1) is 0 Å². The van der Waals surface area contributed by atoms with Crippen molar-refractivity contribution in [3.05, 3.63) is 138 Å². The van der Waals surface area contributed by atoms with Gasteiger partial charge in [-0.15, -0.1) is 0 Å². The van der Waals surface area contributed by atoms with E-state index in [1.807, 2.05) is 0 Å². The average molecular weight is 626 g/mol. The summed E-state index contributed by atoms with van der Waals surface area (Å²) in [5, 5.41) is 0. The first kappa shape index (κ1) is 28.9. The van der Waals surface area contributed by atoms with Gasteiger partial charge in [0.15, 0.2) is 0 Å². The summed E-state index contributed by atoms with van der Waals surface area (Å²) < 4.78 is 0. The first-order chi connectivity index (χ1) is 23.5. The van der Waals surface area contributed by atoms with Crippen LogP contribution in [0.25, 0.3) is 22.3 Å². The molecule has 5 aliphatic rings. The highest BCUT2D eigenvalue weighted by Gasteiger charge is 2.41. The fourth-order valence-corrected chi connectivity index (χ4v) is 11.2. The molecule has 0 heterocycles. The Kier molecular flexibility index (Phi) is 6.59. The molecular weight excluding hydrogens is 579 g/mol. The van der Waals surface area contributed by atoms with Crippen molar-refractivity contribution in [1.82, 2.24) is 0 Å². The molecule has 48 heavy (non-hydrogen) atoms. The summed E-state index contributed by atoms with van der Waals surface area (Å²) in [6.07, 6.45) is 11.5. The Bertz CT molecular complexity index is 1910. The van der Waals surface area contributed by atoms with Crippen molar-refractivity contribution in [1.29, 1.82) is 0 Å². The molecule has 0 aromatic heterocycles. The standard InChI is InChI=1S/C47H47N/c1-47(2)45-6-4-3-5-41(45)42-24-17-35(29-46(42)47)32-11-18-38(19-12-32)48(39-20-13-33(14-21-39)43-27-30-7-9-36(43)25-30)40-22-15-34(16-23-40)44-28-31-8-10-37(44)26-31/h3-6,11-24,29-31,36-37,43-44H,7-10,25-28H2,1-2H3. The molecule has 4 saturated carbocycles. The summed E-state index contributed by atoms with van der Waals surface area (Å²) in [6, 6.07) is 44.6. The van der Waals surface area contributed by atoms with E-state index in [0.29, 0.717) is 0 Å². The summed E-state index contributed by atoms with van der Waals surface area (Å²) >= 11 is 0. The Hall–Kier alpha value is -4.10. The number of fused-ring (bicyclic) bond motifs is 7. The maximum atomic E-state index is 2.47. The first-order valence-corrected chi connectivity index (χ1v) is 18.8. The molecule has 240 valence electrons. The lowest BCUT2D eigenvalue weighted by Gasteiger charge is -2.28. The van der Waals surface area contributed by atoms with Crippen LogP contribution >= 0.6 is 0 Å². The molecular formula is C47H47N. The highest BCUT2D eigenvalue weighted by Crippen LogP contribution is 2.55. The van der Waals surface area contributed by atoms with E-state index in [0.717, 1.165) is 35.5 Å². The first-order valence-electron chi connectivity index (χ1n) is 18.8. The van der Waals surface area contributed by atoms with Gasteiger partial charge in [0.2, 0.25) is 0 Å². The van der Waals surface area contributed by atoms with Crippen LogP contribution in [0.4, 0.5) is 17.1 Å². The quantitative estimate of drug-likeness (QED) is 0.181. The van der Waals surface area contributed by atoms with Crippen LogP contribution in [0.5, 0.6) is 0 Å². The predicted octanol–water partition coefficient (Wildman–Crippen LogP) is 12.9. The third-order valence-electron chi connectivity index (χ3n) is 13.7. The summed E-state index contributed by atoms with van der Waals surface area (Å²) in [6.45, 7) is 4.74. The van der Waals surface area contributed by atoms with Gasteiger partial charge in [0, 0.05) is 22.5 Å². The summed E-state index contributed by atoms with van der Waals surface area (Å²) in [4.78, 5) is 2.47. The van der Waals surface area contributed by atoms with Gasteiger partial charge in [-0.1, -0.05) is 99.5 Å². The van der Waals surface area contributed by atoms with Crippen molar-refractivity contribution in [2.45, 2.75) is 82.5 Å². The Morgan fingerprint density at radius 3 is 1.50 bits per heavy atom. The van der Waals surface area contributed by atoms with E-state index in [1.165, 1.54) is 102 Å². The van der Waals surface area contributed by atoms with Crippen LogP contribution in [-0.2, 0) is 5.41 Å². The molecule has 5 aliphatic carbocycles. The summed E-state index contributed by atoms with van der Waals surface area (Å²) in [5.74, 6) is 5.27. The van der Waals surface area contributed by atoms with Crippen molar-refractivity contribution < 1.29 is 0 Å². The Morgan fingerprint density at radius 1 is 0.479 bits per heavy atom. The van der Waals surface area contributed by atoms with Crippen LogP contribution < -0.4 is 4.90 Å². The lowest BCUT2D eigenvalue weighted by Crippen LogP contribution is -2.14. The van der Waals surface area contributed by atoms with E-state index in [9.17, 15) is 0 Å². The zero-order chi connectivity index (χ0) is 32.0. The lowest BCUT2D eigenvalue weighted by molar-refractivity contribution is 0.420. The van der Waals surface area contributed by atoms with Crippen LogP contribution in [0.3, 0.4) is 0 Å². The van der Waals surface area contributed by atoms with Gasteiger partial charge in [-0.05, 0) is 161 Å². The van der Waals surface area contributed by atoms with Gasteiger partial charge in [0.25, 0.3) is 0 Å². The van der Waals surface area contributed by atoms with E-state index in [2.05, 4.69) is 134 Å². The largest absolute Gasteiger partial charge is 0.311 e. The van der Waals surface area contributed by atoms with Crippen molar-refractivity contribution in [3.8, 4) is 22.3 Å². The molecule has 1 nitrogen and oxygen atoms in total. The van der Waals surface area contributed by atoms with E-state index < -0.39 is 0 Å². The second kappa shape index (κ2) is 11.0. The highest BCUT2D eigenvalue weighted by molar-refractivity contribution is 5.84. The number of nitrogens with zero attached hydrogens (tertiary/aromatic N) is 1. The molecule has 1 heteroatoms. The van der Waals surface area contributed by atoms with Crippen molar-refractivity contribution >= 4 is 17.1 Å². The van der Waals surface area contributed by atoms with Crippen molar-refractivity contribution in [3.63, 3.8) is 0 Å². The van der Waals surface area contributed by atoms with Crippen LogP contribution in [-0.4, -0.2) is 0 Å². The normalized spacial score (nSPS) is 27.3. The van der Waals surface area contributed by atoms with Gasteiger partial charge >= 0.3 is 0 Å². The number of anilines is 3.